The monoisotopic (exact) mass is 366 g/mol. The topological polar surface area (TPSA) is 58.6 Å². The van der Waals surface area contributed by atoms with Crippen molar-refractivity contribution in [3.8, 4) is 5.75 Å². The zero-order chi connectivity index (χ0) is 19.4. The molecule has 0 bridgehead atoms. The average Bonchev–Trinajstić information content (AvgIpc) is 3.13. The zero-order valence-corrected chi connectivity index (χ0v) is 16.0. The van der Waals surface area contributed by atoms with Crippen molar-refractivity contribution in [1.29, 1.82) is 0 Å². The Bertz CT molecular complexity index is 804. The predicted molar refractivity (Wildman–Crippen MR) is 105 cm³/mol. The molecule has 5 heteroatoms. The first kappa shape index (κ1) is 19.0. The number of amides is 2. The summed E-state index contributed by atoms with van der Waals surface area (Å²) in [6, 6.07) is 17.2. The van der Waals surface area contributed by atoms with Gasteiger partial charge < -0.3 is 15.0 Å². The zero-order valence-electron chi connectivity index (χ0n) is 16.0. The Hall–Kier alpha value is -2.82. The maximum atomic E-state index is 13.0. The highest BCUT2D eigenvalue weighted by Gasteiger charge is 2.40. The highest BCUT2D eigenvalue weighted by molar-refractivity contribution is 5.95. The van der Waals surface area contributed by atoms with Gasteiger partial charge in [-0.05, 0) is 37.6 Å². The maximum absolute atomic E-state index is 13.0. The molecule has 2 aromatic rings. The predicted octanol–water partition coefficient (Wildman–Crippen LogP) is 3.08. The van der Waals surface area contributed by atoms with Crippen LogP contribution in [0.25, 0.3) is 0 Å². The van der Waals surface area contributed by atoms with Gasteiger partial charge in [0.05, 0.1) is 13.0 Å². The molecule has 1 aliphatic rings. The molecule has 0 unspecified atom stereocenters. The molecule has 5 nitrogen and oxygen atoms in total. The van der Waals surface area contributed by atoms with Gasteiger partial charge >= 0.3 is 0 Å². The van der Waals surface area contributed by atoms with Gasteiger partial charge in [0.15, 0.2) is 0 Å². The van der Waals surface area contributed by atoms with Crippen LogP contribution in [-0.2, 0) is 4.79 Å². The van der Waals surface area contributed by atoms with Gasteiger partial charge in [-0.3, -0.25) is 9.59 Å². The SMILES string of the molecule is COc1cccc(C(=O)N2C[C@H](C(=O)NC(C)C)[C@@H](c3ccccc3)C2)c1. The van der Waals surface area contributed by atoms with Crippen molar-refractivity contribution in [1.82, 2.24) is 10.2 Å². The number of ether oxygens (including phenoxy) is 1. The first-order chi connectivity index (χ1) is 13.0. The minimum atomic E-state index is -0.260. The molecule has 1 heterocycles. The van der Waals surface area contributed by atoms with Crippen LogP contribution in [0.4, 0.5) is 0 Å². The molecule has 1 aliphatic heterocycles. The molecular weight excluding hydrogens is 340 g/mol. The van der Waals surface area contributed by atoms with Gasteiger partial charge in [0.1, 0.15) is 5.75 Å². The van der Waals surface area contributed by atoms with Crippen LogP contribution < -0.4 is 10.1 Å². The second-order valence-corrected chi connectivity index (χ2v) is 7.23. The quantitative estimate of drug-likeness (QED) is 0.885. The number of rotatable bonds is 5. The summed E-state index contributed by atoms with van der Waals surface area (Å²) < 4.78 is 5.23. The summed E-state index contributed by atoms with van der Waals surface area (Å²) in [4.78, 5) is 27.6. The number of nitrogens with one attached hydrogen (secondary N) is 1. The van der Waals surface area contributed by atoms with Gasteiger partial charge in [0.2, 0.25) is 5.91 Å². The Morgan fingerprint density at radius 2 is 1.81 bits per heavy atom. The van der Waals surface area contributed by atoms with Gasteiger partial charge in [-0.1, -0.05) is 36.4 Å². The Kier molecular flexibility index (Phi) is 5.79. The van der Waals surface area contributed by atoms with E-state index >= 15 is 0 Å². The number of carbonyl (C=O) groups excluding carboxylic acids is 2. The van der Waals surface area contributed by atoms with E-state index < -0.39 is 0 Å². The van der Waals surface area contributed by atoms with Crippen molar-refractivity contribution in [3.63, 3.8) is 0 Å². The second kappa shape index (κ2) is 8.25. The van der Waals surface area contributed by atoms with Gasteiger partial charge in [-0.2, -0.15) is 0 Å². The van der Waals surface area contributed by atoms with E-state index in [1.165, 1.54) is 0 Å². The van der Waals surface area contributed by atoms with E-state index in [-0.39, 0.29) is 29.7 Å². The van der Waals surface area contributed by atoms with Gasteiger partial charge in [0, 0.05) is 30.6 Å². The van der Waals surface area contributed by atoms with Crippen LogP contribution in [0, 0.1) is 5.92 Å². The largest absolute Gasteiger partial charge is 0.497 e. The van der Waals surface area contributed by atoms with Crippen molar-refractivity contribution in [3.05, 3.63) is 65.7 Å². The Labute approximate surface area is 160 Å². The summed E-state index contributed by atoms with van der Waals surface area (Å²) >= 11 is 0. The molecule has 2 atom stereocenters. The number of nitrogens with zero attached hydrogens (tertiary/aromatic N) is 1. The summed E-state index contributed by atoms with van der Waals surface area (Å²) in [7, 11) is 1.58. The minimum absolute atomic E-state index is 0.000190. The molecule has 2 amide bonds. The van der Waals surface area contributed by atoms with Crippen LogP contribution >= 0.6 is 0 Å². The molecule has 0 saturated carbocycles. The summed E-state index contributed by atoms with van der Waals surface area (Å²) in [5.41, 5.74) is 1.66. The van der Waals surface area contributed by atoms with E-state index in [2.05, 4.69) is 5.32 Å². The van der Waals surface area contributed by atoms with E-state index in [0.29, 0.717) is 24.4 Å². The molecule has 0 aromatic heterocycles. The third-order valence-electron chi connectivity index (χ3n) is 4.92. The molecule has 1 saturated heterocycles. The third-order valence-corrected chi connectivity index (χ3v) is 4.92. The van der Waals surface area contributed by atoms with Gasteiger partial charge in [-0.15, -0.1) is 0 Å². The number of likely N-dealkylation sites (tertiary alicyclic amines) is 1. The van der Waals surface area contributed by atoms with Crippen molar-refractivity contribution in [2.24, 2.45) is 5.92 Å². The summed E-state index contributed by atoms with van der Waals surface area (Å²) in [6.07, 6.45) is 0. The van der Waals surface area contributed by atoms with Crippen molar-refractivity contribution < 1.29 is 14.3 Å². The fourth-order valence-electron chi connectivity index (χ4n) is 3.60. The molecule has 27 heavy (non-hydrogen) atoms. The lowest BCUT2D eigenvalue weighted by Crippen LogP contribution is -2.39. The van der Waals surface area contributed by atoms with Crippen molar-refractivity contribution in [2.75, 3.05) is 20.2 Å². The first-order valence-corrected chi connectivity index (χ1v) is 9.28. The molecule has 0 aliphatic carbocycles. The van der Waals surface area contributed by atoms with E-state index in [9.17, 15) is 9.59 Å². The number of benzene rings is 2. The second-order valence-electron chi connectivity index (χ2n) is 7.23. The fourth-order valence-corrected chi connectivity index (χ4v) is 3.60. The van der Waals surface area contributed by atoms with Gasteiger partial charge in [-0.25, -0.2) is 0 Å². The third kappa shape index (κ3) is 4.30. The fraction of sp³-hybridized carbons (Fsp3) is 0.364. The average molecular weight is 366 g/mol. The highest BCUT2D eigenvalue weighted by Crippen LogP contribution is 2.34. The molecular formula is C22H26N2O3. The number of hydrogen-bond donors (Lipinski definition) is 1. The lowest BCUT2D eigenvalue weighted by Gasteiger charge is -2.19. The summed E-state index contributed by atoms with van der Waals surface area (Å²) in [5.74, 6) is 0.298. The molecule has 1 N–H and O–H groups in total. The molecule has 3 rings (SSSR count). The Balaban J connectivity index is 1.85. The van der Waals surface area contributed by atoms with Crippen LogP contribution in [0.5, 0.6) is 5.75 Å². The smallest absolute Gasteiger partial charge is 0.254 e. The van der Waals surface area contributed by atoms with E-state index in [1.54, 1.807) is 30.2 Å². The van der Waals surface area contributed by atoms with Crippen LogP contribution in [0.15, 0.2) is 54.6 Å². The summed E-state index contributed by atoms with van der Waals surface area (Å²) in [6.45, 7) is 4.83. The van der Waals surface area contributed by atoms with E-state index in [4.69, 9.17) is 4.74 Å². The van der Waals surface area contributed by atoms with Gasteiger partial charge in [0.25, 0.3) is 5.91 Å². The first-order valence-electron chi connectivity index (χ1n) is 9.28. The van der Waals surface area contributed by atoms with Crippen molar-refractivity contribution >= 4 is 11.8 Å². The molecule has 0 radical (unpaired) electrons. The minimum Gasteiger partial charge on any atom is -0.497 e. The molecule has 2 aromatic carbocycles. The lowest BCUT2D eigenvalue weighted by atomic mass is 9.88. The number of hydrogen-bond acceptors (Lipinski definition) is 3. The molecule has 0 spiro atoms. The standard InChI is InChI=1S/C22H26N2O3/c1-15(2)23-21(25)20-14-24(13-19(20)16-8-5-4-6-9-16)22(26)17-10-7-11-18(12-17)27-3/h4-12,15,19-20H,13-14H2,1-3H3,(H,23,25)/t19-,20+/m1/s1. The highest BCUT2D eigenvalue weighted by atomic mass is 16.5. The Morgan fingerprint density at radius 1 is 1.07 bits per heavy atom. The van der Waals surface area contributed by atoms with Crippen LogP contribution in [0.2, 0.25) is 0 Å². The maximum Gasteiger partial charge on any atom is 0.254 e. The number of carbonyl (C=O) groups is 2. The Morgan fingerprint density at radius 3 is 2.48 bits per heavy atom. The van der Waals surface area contributed by atoms with Crippen LogP contribution in [0.3, 0.4) is 0 Å². The van der Waals surface area contributed by atoms with E-state index in [1.807, 2.05) is 50.2 Å². The van der Waals surface area contributed by atoms with Crippen molar-refractivity contribution in [2.45, 2.75) is 25.8 Å². The lowest BCUT2D eigenvalue weighted by molar-refractivity contribution is -0.125. The van der Waals surface area contributed by atoms with Crippen LogP contribution in [-0.4, -0.2) is 43.0 Å². The molecule has 142 valence electrons. The van der Waals surface area contributed by atoms with E-state index in [0.717, 1.165) is 5.56 Å². The normalized spacial score (nSPS) is 19.2. The molecule has 1 fully saturated rings. The van der Waals surface area contributed by atoms with Crippen LogP contribution in [0.1, 0.15) is 35.7 Å². The number of methoxy groups -OCH3 is 1. The summed E-state index contributed by atoms with van der Waals surface area (Å²) in [5, 5.41) is 3.01.